The minimum absolute atomic E-state index is 0.0977. The Morgan fingerprint density at radius 2 is 1.92 bits per heavy atom. The van der Waals surface area contributed by atoms with Crippen molar-refractivity contribution in [1.29, 1.82) is 0 Å². The number of likely N-dealkylation sites (tertiary alicyclic amines) is 1. The van der Waals surface area contributed by atoms with E-state index in [1.165, 1.54) is 9.80 Å². The Labute approximate surface area is 227 Å². The molecule has 2 N–H and O–H groups in total. The quantitative estimate of drug-likeness (QED) is 0.361. The first-order valence-electron chi connectivity index (χ1n) is 12.0. The number of halogens is 2. The number of fused-ring (bicyclic) bond motifs is 1. The number of carbonyl (C=O) groups excluding carboxylic acids is 2. The Morgan fingerprint density at radius 1 is 1.24 bits per heavy atom. The number of benzene rings is 2. The van der Waals surface area contributed by atoms with Crippen LogP contribution in [0.4, 0.5) is 5.69 Å². The standard InChI is InChI=1S/C27H26BrClN2O6/c1-2-12-30(18-11-7-6-10-17(18)29)25(34)23-27-13-16(28)22(37-27)20(26(35)36)21(27)24(33)31(23)19(14-32)15-8-4-3-5-9-15/h2-11,16,19-23,32H,1,12-14H2,(H,35,36)/t16?,19-,20-,21+,22-,23-,27+/m1/s1. The maximum Gasteiger partial charge on any atom is 0.310 e. The number of carboxylic acid groups (broad SMARTS) is 1. The summed E-state index contributed by atoms with van der Waals surface area (Å²) < 4.78 is 6.35. The van der Waals surface area contributed by atoms with Gasteiger partial charge in [-0.2, -0.15) is 0 Å². The van der Waals surface area contributed by atoms with E-state index in [2.05, 4.69) is 22.5 Å². The largest absolute Gasteiger partial charge is 0.481 e. The summed E-state index contributed by atoms with van der Waals surface area (Å²) in [6.07, 6.45) is 1.06. The number of aliphatic carboxylic acids is 1. The fourth-order valence-electron chi connectivity index (χ4n) is 6.25. The molecule has 1 spiro atoms. The van der Waals surface area contributed by atoms with Crippen molar-refractivity contribution < 1.29 is 29.3 Å². The van der Waals surface area contributed by atoms with E-state index >= 15 is 0 Å². The minimum Gasteiger partial charge on any atom is -0.481 e. The molecule has 2 aromatic carbocycles. The lowest BCUT2D eigenvalue weighted by atomic mass is 9.70. The summed E-state index contributed by atoms with van der Waals surface area (Å²) in [4.78, 5) is 43.4. The van der Waals surface area contributed by atoms with Gasteiger partial charge in [-0.05, 0) is 24.1 Å². The first kappa shape index (κ1) is 25.9. The molecule has 3 heterocycles. The highest BCUT2D eigenvalue weighted by molar-refractivity contribution is 9.09. The van der Waals surface area contributed by atoms with E-state index in [1.54, 1.807) is 54.6 Å². The van der Waals surface area contributed by atoms with Crippen LogP contribution in [0.5, 0.6) is 0 Å². The molecule has 194 valence electrons. The molecule has 0 aliphatic carbocycles. The summed E-state index contributed by atoms with van der Waals surface area (Å²) in [7, 11) is 0. The predicted molar refractivity (Wildman–Crippen MR) is 140 cm³/mol. The number of anilines is 1. The van der Waals surface area contributed by atoms with Gasteiger partial charge in [-0.25, -0.2) is 0 Å². The highest BCUT2D eigenvalue weighted by Crippen LogP contribution is 2.61. The number of hydrogen-bond acceptors (Lipinski definition) is 5. The van der Waals surface area contributed by atoms with Crippen molar-refractivity contribution >= 4 is 51.0 Å². The molecule has 2 aromatic rings. The molecular weight excluding hydrogens is 564 g/mol. The van der Waals surface area contributed by atoms with E-state index in [4.69, 9.17) is 16.3 Å². The zero-order chi connectivity index (χ0) is 26.5. The topological polar surface area (TPSA) is 107 Å². The van der Waals surface area contributed by atoms with Gasteiger partial charge in [-0.15, -0.1) is 6.58 Å². The fraction of sp³-hybridized carbons (Fsp3) is 0.370. The highest BCUT2D eigenvalue weighted by Gasteiger charge is 2.77. The van der Waals surface area contributed by atoms with E-state index in [0.717, 1.165) is 0 Å². The van der Waals surface area contributed by atoms with Crippen LogP contribution in [-0.2, 0) is 19.1 Å². The molecule has 2 bridgehead atoms. The number of hydrogen-bond donors (Lipinski definition) is 2. The van der Waals surface area contributed by atoms with E-state index in [-0.39, 0.29) is 17.8 Å². The second-order valence-electron chi connectivity index (χ2n) is 9.55. The SMILES string of the molecule is C=CCN(C(=O)[C@H]1N([C@H](CO)c2ccccc2)C(=O)[C@@H]2[C@@H](C(=O)O)[C@@H]3O[C@@]21CC3Br)c1ccccc1Cl. The molecule has 3 fully saturated rings. The van der Waals surface area contributed by atoms with E-state index < -0.39 is 60.0 Å². The Kier molecular flexibility index (Phi) is 6.91. The normalized spacial score (nSPS) is 30.7. The number of ether oxygens (including phenoxy) is 1. The number of para-hydroxylation sites is 1. The molecular formula is C27H26BrClN2O6. The van der Waals surface area contributed by atoms with Gasteiger partial charge in [0.15, 0.2) is 0 Å². The molecule has 3 aliphatic rings. The van der Waals surface area contributed by atoms with Gasteiger partial charge in [0.2, 0.25) is 5.91 Å². The second-order valence-corrected chi connectivity index (χ2v) is 11.1. The lowest BCUT2D eigenvalue weighted by molar-refractivity contribution is -0.151. The maximum atomic E-state index is 14.5. The number of alkyl halides is 1. The van der Waals surface area contributed by atoms with E-state index in [1.807, 2.05) is 6.07 Å². The Hall–Kier alpha value is -2.72. The molecule has 3 saturated heterocycles. The third kappa shape index (κ3) is 3.91. The van der Waals surface area contributed by atoms with Crippen molar-refractivity contribution in [2.75, 3.05) is 18.1 Å². The maximum absolute atomic E-state index is 14.5. The smallest absolute Gasteiger partial charge is 0.310 e. The molecule has 7 atom stereocenters. The summed E-state index contributed by atoms with van der Waals surface area (Å²) in [5.74, 6) is -4.36. The summed E-state index contributed by atoms with van der Waals surface area (Å²) in [6.45, 7) is 3.42. The van der Waals surface area contributed by atoms with Crippen LogP contribution in [0.15, 0.2) is 67.3 Å². The molecule has 10 heteroatoms. The molecule has 0 saturated carbocycles. The lowest BCUT2D eigenvalue weighted by Crippen LogP contribution is -2.57. The number of aliphatic hydroxyl groups is 1. The molecule has 5 rings (SSSR count). The number of carbonyl (C=O) groups is 3. The molecule has 1 unspecified atom stereocenters. The van der Waals surface area contributed by atoms with Crippen LogP contribution < -0.4 is 4.90 Å². The van der Waals surface area contributed by atoms with E-state index in [0.29, 0.717) is 16.3 Å². The van der Waals surface area contributed by atoms with Crippen LogP contribution in [0.2, 0.25) is 5.02 Å². The van der Waals surface area contributed by atoms with Gasteiger partial charge >= 0.3 is 5.97 Å². The monoisotopic (exact) mass is 588 g/mol. The Morgan fingerprint density at radius 3 is 2.54 bits per heavy atom. The van der Waals surface area contributed by atoms with Gasteiger partial charge < -0.3 is 24.7 Å². The van der Waals surface area contributed by atoms with Gasteiger partial charge in [-0.3, -0.25) is 14.4 Å². The molecule has 0 radical (unpaired) electrons. The van der Waals surface area contributed by atoms with Crippen LogP contribution in [0.25, 0.3) is 0 Å². The summed E-state index contributed by atoms with van der Waals surface area (Å²) in [6, 6.07) is 13.6. The molecule has 2 amide bonds. The zero-order valence-electron chi connectivity index (χ0n) is 19.7. The Balaban J connectivity index is 1.68. The summed E-state index contributed by atoms with van der Waals surface area (Å²) >= 11 is 10.0. The molecule has 8 nitrogen and oxygen atoms in total. The van der Waals surface area contributed by atoms with Crippen LogP contribution in [0.3, 0.4) is 0 Å². The average molecular weight is 590 g/mol. The van der Waals surface area contributed by atoms with Gasteiger partial charge in [0.05, 0.1) is 41.3 Å². The van der Waals surface area contributed by atoms with Gasteiger partial charge in [0.25, 0.3) is 5.91 Å². The lowest BCUT2D eigenvalue weighted by Gasteiger charge is -2.39. The summed E-state index contributed by atoms with van der Waals surface area (Å²) in [5, 5.41) is 20.9. The number of nitrogens with zero attached hydrogens (tertiary/aromatic N) is 2. The number of rotatable bonds is 8. The third-order valence-corrected chi connectivity index (χ3v) is 8.82. The van der Waals surface area contributed by atoms with Gasteiger partial charge in [-0.1, -0.05) is 76.1 Å². The first-order chi connectivity index (χ1) is 17.8. The van der Waals surface area contributed by atoms with E-state index in [9.17, 15) is 24.6 Å². The Bertz CT molecular complexity index is 1240. The van der Waals surface area contributed by atoms with Crippen LogP contribution >= 0.6 is 27.5 Å². The number of aliphatic hydroxyl groups excluding tert-OH is 1. The van der Waals surface area contributed by atoms with Crippen molar-refractivity contribution in [3.63, 3.8) is 0 Å². The zero-order valence-corrected chi connectivity index (χ0v) is 22.1. The van der Waals surface area contributed by atoms with Crippen molar-refractivity contribution in [2.45, 2.75) is 35.0 Å². The highest BCUT2D eigenvalue weighted by atomic mass is 79.9. The number of carboxylic acids is 1. The average Bonchev–Trinajstić information content (AvgIpc) is 3.48. The van der Waals surface area contributed by atoms with Crippen molar-refractivity contribution in [2.24, 2.45) is 11.8 Å². The molecule has 37 heavy (non-hydrogen) atoms. The summed E-state index contributed by atoms with van der Waals surface area (Å²) in [5.41, 5.74) is -0.337. The third-order valence-electron chi connectivity index (χ3n) is 7.66. The number of amides is 2. The van der Waals surface area contributed by atoms with Crippen LogP contribution in [0, 0.1) is 11.8 Å². The minimum atomic E-state index is -1.39. The first-order valence-corrected chi connectivity index (χ1v) is 13.3. The fourth-order valence-corrected chi connectivity index (χ4v) is 7.43. The predicted octanol–water partition coefficient (Wildman–Crippen LogP) is 3.43. The van der Waals surface area contributed by atoms with Gasteiger partial charge in [0.1, 0.15) is 11.6 Å². The van der Waals surface area contributed by atoms with Crippen molar-refractivity contribution in [3.05, 3.63) is 77.8 Å². The second kappa shape index (κ2) is 9.87. The molecule has 0 aromatic heterocycles. The van der Waals surface area contributed by atoms with Crippen LogP contribution in [0.1, 0.15) is 18.0 Å². The molecule has 3 aliphatic heterocycles. The van der Waals surface area contributed by atoms with Crippen LogP contribution in [-0.4, -0.2) is 68.6 Å². The van der Waals surface area contributed by atoms with Gasteiger partial charge in [0, 0.05) is 11.4 Å². The van der Waals surface area contributed by atoms with Crippen molar-refractivity contribution in [1.82, 2.24) is 4.90 Å². The van der Waals surface area contributed by atoms with Crippen molar-refractivity contribution in [3.8, 4) is 0 Å².